The van der Waals surface area contributed by atoms with Crippen LogP contribution in [-0.4, -0.2) is 0 Å². The second-order valence-electron chi connectivity index (χ2n) is 0. The molecule has 0 unspecified atom stereocenters. The third-order valence-corrected chi connectivity index (χ3v) is 0. The first-order valence-corrected chi connectivity index (χ1v) is 0.548. The van der Waals surface area contributed by atoms with Crippen LogP contribution < -0.4 is 40.8 Å². The van der Waals surface area contributed by atoms with Gasteiger partial charge in [-0.05, 0) is 0 Å². The van der Waals surface area contributed by atoms with Gasteiger partial charge in [-0.25, -0.2) is 0 Å². The molecule has 0 saturated heterocycles. The van der Waals surface area contributed by atoms with Crippen molar-refractivity contribution in [3.8, 4) is 0 Å². The average molecular weight is 273 g/mol. The first-order valence-electron chi connectivity index (χ1n) is 0.548. The summed E-state index contributed by atoms with van der Waals surface area (Å²) < 4.78 is 0. The van der Waals surface area contributed by atoms with Gasteiger partial charge in [0.05, 0.1) is 0 Å². The van der Waals surface area contributed by atoms with E-state index in [2.05, 4.69) is 0 Å². The third kappa shape index (κ3) is 63000. The summed E-state index contributed by atoms with van der Waals surface area (Å²) >= 11 is 0. The Hall–Kier alpha value is 0.0495. The van der Waals surface area contributed by atoms with Crippen LogP contribution in [0.15, 0.2) is 0 Å². The van der Waals surface area contributed by atoms with Gasteiger partial charge in [0.15, 0.2) is 0 Å². The van der Waals surface area contributed by atoms with Crippen LogP contribution in [0.3, 0.4) is 0 Å². The second-order valence-corrected chi connectivity index (χ2v) is 0. The molecule has 0 aliphatic heterocycles. The zero-order chi connectivity index (χ0) is 6.00. The molecule has 0 N–H and O–H groups in total. The smallest absolute Gasteiger partial charge is 0.120 e. The SMILES string of the molecule is [Fe].[I-].[N]=O.[N]=O.[N]=O. The Morgan fingerprint density at radius 1 is 0.625 bits per heavy atom. The van der Waals surface area contributed by atoms with Crippen molar-refractivity contribution in [2.45, 2.75) is 0 Å². The maximum atomic E-state index is 7.25. The van der Waals surface area contributed by atoms with Crippen molar-refractivity contribution in [2.75, 3.05) is 0 Å². The van der Waals surface area contributed by atoms with Crippen LogP contribution in [0.25, 0.3) is 0 Å². The number of nitroso groups, excluding NO2 is 3. The molecule has 0 aromatic heterocycles. The molecule has 0 aliphatic carbocycles. The normalized spacial score (nSPS) is 1.50. The maximum Gasteiger partial charge on any atom is 0.120 e. The summed E-state index contributed by atoms with van der Waals surface area (Å²) in [6, 6.07) is 0. The summed E-state index contributed by atoms with van der Waals surface area (Å²) in [5.74, 6) is 0. The Bertz CT molecular complexity index is 19.2. The van der Waals surface area contributed by atoms with E-state index in [0.717, 1.165) is 0 Å². The van der Waals surface area contributed by atoms with Crippen molar-refractivity contribution < 1.29 is 41.0 Å². The van der Waals surface area contributed by atoms with E-state index >= 15 is 0 Å². The van der Waals surface area contributed by atoms with Crippen molar-refractivity contribution in [3.05, 3.63) is 14.7 Å². The molecule has 3 radical (unpaired) electrons. The largest absolute Gasteiger partial charge is 1.00 e. The molecule has 0 aromatic carbocycles. The summed E-state index contributed by atoms with van der Waals surface area (Å²) in [7, 11) is 0. The number of rotatable bonds is 0. The molecule has 6 nitrogen and oxygen atoms in total. The first kappa shape index (κ1) is 43.0. The van der Waals surface area contributed by atoms with Crippen molar-refractivity contribution in [2.24, 2.45) is 0 Å². The molecule has 0 rings (SSSR count). The van der Waals surface area contributed by atoms with Gasteiger partial charge in [0, 0.05) is 17.1 Å². The minimum Gasteiger partial charge on any atom is -1.00 e. The molecule has 8 heavy (non-hydrogen) atoms. The molecule has 0 spiro atoms. The second kappa shape index (κ2) is 105000. The van der Waals surface area contributed by atoms with Crippen LogP contribution in [-0.2, 0) is 17.1 Å². The van der Waals surface area contributed by atoms with Gasteiger partial charge in [-0.1, -0.05) is 0 Å². The van der Waals surface area contributed by atoms with Crippen LogP contribution >= 0.6 is 0 Å². The van der Waals surface area contributed by atoms with Gasteiger partial charge in [0.1, 0.15) is 16.8 Å². The molecule has 0 saturated carbocycles. The summed E-state index contributed by atoms with van der Waals surface area (Å²) in [5.41, 5.74) is 17.2. The summed E-state index contributed by atoms with van der Waals surface area (Å²) in [5, 5.41) is 0. The molecule has 0 amide bonds. The fourth-order valence-corrected chi connectivity index (χ4v) is 0. The van der Waals surface area contributed by atoms with Crippen molar-refractivity contribution >= 4 is 0 Å². The molecule has 0 aliphatic rings. The van der Waals surface area contributed by atoms with E-state index in [4.69, 9.17) is 31.5 Å². The van der Waals surface area contributed by atoms with Crippen LogP contribution in [0.4, 0.5) is 0 Å². The first-order chi connectivity index (χ1) is 3.00. The Balaban J connectivity index is -0.00000000500. The molecular weight excluding hydrogens is 273 g/mol. The predicted molar refractivity (Wildman–Crippen MR) is 16.5 cm³/mol. The molecule has 0 heterocycles. The summed E-state index contributed by atoms with van der Waals surface area (Å²) in [6.07, 6.45) is 0. The monoisotopic (exact) mass is 273 g/mol. The minimum absolute atomic E-state index is 0. The Morgan fingerprint density at radius 3 is 0.625 bits per heavy atom. The van der Waals surface area contributed by atoms with Crippen LogP contribution in [0.5, 0.6) is 0 Å². The quantitative estimate of drug-likeness (QED) is 0.327. The van der Waals surface area contributed by atoms with Crippen LogP contribution in [0, 0.1) is 14.7 Å². The van der Waals surface area contributed by atoms with Crippen LogP contribution in [0.2, 0.25) is 0 Å². The molecule has 0 aromatic rings. The zero-order valence-electron chi connectivity index (χ0n) is 3.30. The van der Waals surface area contributed by atoms with Gasteiger partial charge in [-0.2, -0.15) is 0 Å². The Morgan fingerprint density at radius 2 is 0.625 bits per heavy atom. The van der Waals surface area contributed by atoms with E-state index in [1.165, 1.54) is 0 Å². The number of hydrogen-bond donors (Lipinski definition) is 0. The van der Waals surface area contributed by atoms with E-state index in [9.17, 15) is 0 Å². The topological polar surface area (TPSA) is 118 Å². The maximum absolute atomic E-state index is 7.25. The van der Waals surface area contributed by atoms with Gasteiger partial charge >= 0.3 is 0 Å². The number of hydrogen-bond acceptors (Lipinski definition) is 3. The van der Waals surface area contributed by atoms with E-state index in [1.54, 1.807) is 0 Å². The van der Waals surface area contributed by atoms with E-state index in [-0.39, 0.29) is 41.0 Å². The van der Waals surface area contributed by atoms with E-state index in [1.807, 2.05) is 0 Å². The summed E-state index contributed by atoms with van der Waals surface area (Å²) in [4.78, 5) is 21.8. The average Bonchev–Trinajstić information content (AvgIpc) is 1.81. The van der Waals surface area contributed by atoms with Gasteiger partial charge < -0.3 is 24.0 Å². The number of nitrogens with zero attached hydrogens (tertiary/aromatic N) is 3. The van der Waals surface area contributed by atoms with Gasteiger partial charge in [0.2, 0.25) is 0 Å². The molecule has 8 heteroatoms. The number of halogens is 1. The molecular formula is FeIN3O3-. The molecule has 0 fully saturated rings. The zero-order valence-corrected chi connectivity index (χ0v) is 6.56. The van der Waals surface area contributed by atoms with Gasteiger partial charge in [-0.3, -0.25) is 0 Å². The fraction of sp³-hybridized carbons (Fsp3) is 0. The molecule has 0 atom stereocenters. The van der Waals surface area contributed by atoms with Gasteiger partial charge in [0.25, 0.3) is 0 Å². The minimum atomic E-state index is 0. The van der Waals surface area contributed by atoms with Gasteiger partial charge in [-0.15, -0.1) is 14.7 Å². The predicted octanol–water partition coefficient (Wildman–Crippen LogP) is -4.34. The Labute approximate surface area is 72.6 Å². The molecule has 49 valence electrons. The van der Waals surface area contributed by atoms with Crippen LogP contribution in [0.1, 0.15) is 0 Å². The summed E-state index contributed by atoms with van der Waals surface area (Å²) in [6.45, 7) is 0. The van der Waals surface area contributed by atoms with Crippen molar-refractivity contribution in [3.63, 3.8) is 0 Å². The van der Waals surface area contributed by atoms with E-state index in [0.29, 0.717) is 0 Å². The fourth-order valence-electron chi connectivity index (χ4n) is 0. The van der Waals surface area contributed by atoms with Crippen molar-refractivity contribution in [1.29, 1.82) is 0 Å². The van der Waals surface area contributed by atoms with Crippen molar-refractivity contribution in [1.82, 2.24) is 16.8 Å². The molecule has 0 bridgehead atoms. The Kier molecular flexibility index (Phi) is 567000. The van der Waals surface area contributed by atoms with E-state index < -0.39 is 0 Å². The standard InChI is InChI=1S/Fe.HI.3NO/c;;3*1-2/h;1H;;;/p-1. The third-order valence-electron chi connectivity index (χ3n) is 0.